The predicted molar refractivity (Wildman–Crippen MR) is 127 cm³/mol. The third kappa shape index (κ3) is 5.22. The molecule has 11 nitrogen and oxygen atoms in total. The van der Waals surface area contributed by atoms with Crippen LogP contribution in [0.15, 0.2) is 12.5 Å². The molecular weight excluding hydrogens is 483 g/mol. The van der Waals surface area contributed by atoms with E-state index in [1.165, 1.54) is 38.9 Å². The molecule has 0 amide bonds. The molecule has 0 aliphatic carbocycles. The third-order valence-corrected chi connectivity index (χ3v) is 8.24. The van der Waals surface area contributed by atoms with Crippen molar-refractivity contribution in [2.24, 2.45) is 0 Å². The summed E-state index contributed by atoms with van der Waals surface area (Å²) < 4.78 is 33.0. The van der Waals surface area contributed by atoms with E-state index < -0.39 is 31.8 Å². The zero-order valence-electron chi connectivity index (χ0n) is 19.7. The van der Waals surface area contributed by atoms with Gasteiger partial charge in [-0.2, -0.15) is 0 Å². The number of aromatic nitrogens is 3. The molecule has 0 bridgehead atoms. The first-order valence-corrected chi connectivity index (χ1v) is 13.0. The molecule has 3 rings (SSSR count). The molecule has 1 aliphatic rings. The number of ether oxygens (including phenoxy) is 1. The molecule has 0 saturated carbocycles. The number of rotatable bonds is 9. The first kappa shape index (κ1) is 26.8. The summed E-state index contributed by atoms with van der Waals surface area (Å²) in [6.07, 6.45) is 5.18. The Morgan fingerprint density at radius 2 is 2.15 bits per heavy atom. The lowest BCUT2D eigenvalue weighted by molar-refractivity contribution is -0.109. The third-order valence-electron chi connectivity index (χ3n) is 5.50. The van der Waals surface area contributed by atoms with Crippen LogP contribution in [0.2, 0.25) is 0 Å². The quantitative estimate of drug-likeness (QED) is 0.289. The second-order valence-electron chi connectivity index (χ2n) is 8.23. The lowest BCUT2D eigenvalue weighted by atomic mass is 9.96. The molecule has 13 heteroatoms. The van der Waals surface area contributed by atoms with Gasteiger partial charge in [0.15, 0.2) is 11.3 Å². The Hall–Kier alpha value is -1.81. The fourth-order valence-corrected chi connectivity index (χ4v) is 5.45. The number of thioether (sulfide) groups is 1. The van der Waals surface area contributed by atoms with Crippen LogP contribution in [-0.4, -0.2) is 85.4 Å². The molecule has 2 N–H and O–H groups in total. The van der Waals surface area contributed by atoms with Gasteiger partial charge in [0.05, 0.1) is 29.9 Å². The van der Waals surface area contributed by atoms with Crippen molar-refractivity contribution in [2.45, 2.75) is 44.8 Å². The van der Waals surface area contributed by atoms with Crippen molar-refractivity contribution in [3.8, 4) is 12.3 Å². The van der Waals surface area contributed by atoms with Gasteiger partial charge in [0.1, 0.15) is 29.8 Å². The van der Waals surface area contributed by atoms with Crippen LogP contribution in [0, 0.1) is 19.3 Å². The van der Waals surface area contributed by atoms with Gasteiger partial charge in [-0.05, 0) is 27.9 Å². The highest BCUT2D eigenvalue weighted by Crippen LogP contribution is 2.51. The van der Waals surface area contributed by atoms with Crippen LogP contribution in [0.3, 0.4) is 0 Å². The second kappa shape index (κ2) is 10.4. The van der Waals surface area contributed by atoms with Gasteiger partial charge in [0.25, 0.3) is 0 Å². The number of nitrogens with zero attached hydrogens (tertiary/aromatic N) is 4. The van der Waals surface area contributed by atoms with E-state index in [1.807, 2.05) is 0 Å². The molecule has 2 aromatic rings. The van der Waals surface area contributed by atoms with Crippen molar-refractivity contribution in [2.75, 3.05) is 33.1 Å². The van der Waals surface area contributed by atoms with Crippen LogP contribution in [0.5, 0.6) is 0 Å². The SMILES string of the molecule is C#Cc1cn([C@@H]2O[C@H](COP(=O)(OCCSC(C)=O)N(C)C)[C@@H](O)[C@@]2(C)O)c2ncnc(C)c12. The second-order valence-corrected chi connectivity index (χ2v) is 11.8. The highest BCUT2D eigenvalue weighted by Gasteiger charge is 2.54. The minimum atomic E-state index is -3.73. The molecule has 3 heterocycles. The van der Waals surface area contributed by atoms with E-state index in [0.717, 1.165) is 11.8 Å². The Bertz CT molecular complexity index is 1150. The summed E-state index contributed by atoms with van der Waals surface area (Å²) in [5.74, 6) is 2.90. The Morgan fingerprint density at radius 3 is 2.76 bits per heavy atom. The zero-order valence-corrected chi connectivity index (χ0v) is 21.4. The fourth-order valence-electron chi connectivity index (χ4n) is 3.68. The molecule has 0 aromatic carbocycles. The predicted octanol–water partition coefficient (Wildman–Crippen LogP) is 1.71. The summed E-state index contributed by atoms with van der Waals surface area (Å²) in [4.78, 5) is 19.5. The Kier molecular flexibility index (Phi) is 8.22. The van der Waals surface area contributed by atoms with Gasteiger partial charge >= 0.3 is 7.75 Å². The van der Waals surface area contributed by atoms with Gasteiger partial charge in [0, 0.05) is 18.9 Å². The lowest BCUT2D eigenvalue weighted by Gasteiger charge is -2.28. The maximum absolute atomic E-state index is 13.1. The molecule has 1 unspecified atom stereocenters. The molecule has 2 aromatic heterocycles. The maximum Gasteiger partial charge on any atom is 0.407 e. The largest absolute Gasteiger partial charge is 0.407 e. The molecule has 0 radical (unpaired) electrons. The summed E-state index contributed by atoms with van der Waals surface area (Å²) in [6, 6.07) is 0. The summed E-state index contributed by atoms with van der Waals surface area (Å²) in [6.45, 7) is 4.36. The lowest BCUT2D eigenvalue weighted by Crippen LogP contribution is -2.44. The Balaban J connectivity index is 1.80. The van der Waals surface area contributed by atoms with Crippen LogP contribution in [0.1, 0.15) is 31.3 Å². The topological polar surface area (TPSA) is 136 Å². The van der Waals surface area contributed by atoms with Crippen molar-refractivity contribution in [3.63, 3.8) is 0 Å². The molecule has 0 spiro atoms. The van der Waals surface area contributed by atoms with E-state index in [9.17, 15) is 19.6 Å². The number of carbonyl (C=O) groups is 1. The average molecular weight is 513 g/mol. The summed E-state index contributed by atoms with van der Waals surface area (Å²) in [7, 11) is -0.674. The van der Waals surface area contributed by atoms with Gasteiger partial charge < -0.3 is 19.5 Å². The van der Waals surface area contributed by atoms with E-state index in [0.29, 0.717) is 28.0 Å². The van der Waals surface area contributed by atoms with Crippen molar-refractivity contribution in [3.05, 3.63) is 23.8 Å². The molecule has 186 valence electrons. The number of fused-ring (bicyclic) bond motifs is 1. The molecule has 1 fully saturated rings. The van der Waals surface area contributed by atoms with E-state index in [4.69, 9.17) is 20.2 Å². The smallest absolute Gasteiger partial charge is 0.387 e. The van der Waals surface area contributed by atoms with Gasteiger partial charge in [-0.15, -0.1) is 6.42 Å². The van der Waals surface area contributed by atoms with Crippen molar-refractivity contribution < 1.29 is 33.4 Å². The maximum atomic E-state index is 13.1. The first-order chi connectivity index (χ1) is 15.9. The van der Waals surface area contributed by atoms with Crippen LogP contribution in [0.25, 0.3) is 11.0 Å². The van der Waals surface area contributed by atoms with Crippen molar-refractivity contribution in [1.29, 1.82) is 0 Å². The van der Waals surface area contributed by atoms with Crippen LogP contribution < -0.4 is 0 Å². The molecule has 1 saturated heterocycles. The highest BCUT2D eigenvalue weighted by atomic mass is 32.2. The molecule has 1 aliphatic heterocycles. The molecular formula is C21H29N4O7PS. The number of aliphatic hydroxyl groups excluding tert-OH is 1. The summed E-state index contributed by atoms with van der Waals surface area (Å²) in [5, 5.41) is 22.5. The van der Waals surface area contributed by atoms with Gasteiger partial charge in [-0.3, -0.25) is 13.8 Å². The Labute approximate surface area is 202 Å². The number of hydrogen-bond acceptors (Lipinski definition) is 10. The van der Waals surface area contributed by atoms with Gasteiger partial charge in [-0.25, -0.2) is 19.2 Å². The number of carbonyl (C=O) groups excluding carboxylic acids is 1. The van der Waals surface area contributed by atoms with Crippen molar-refractivity contribution >= 4 is 35.7 Å². The zero-order chi connectivity index (χ0) is 25.3. The number of aryl methyl sites for hydroxylation is 1. The minimum absolute atomic E-state index is 0.0252. The minimum Gasteiger partial charge on any atom is -0.387 e. The number of terminal acetylenes is 1. The monoisotopic (exact) mass is 512 g/mol. The van der Waals surface area contributed by atoms with Crippen molar-refractivity contribution in [1.82, 2.24) is 19.2 Å². The Morgan fingerprint density at radius 1 is 1.44 bits per heavy atom. The first-order valence-electron chi connectivity index (χ1n) is 10.5. The number of hydrogen-bond donors (Lipinski definition) is 2. The standard InChI is InChI=1S/C21H29N4O7PS/c1-7-15-10-25(19-17(15)13(2)22-12-23-19)20-21(4,28)18(27)16(32-20)11-31-33(29,24(5)6)30-8-9-34-14(3)26/h1,10,12,16,18,20,27-28H,8-9,11H2,2-6H3/t16-,18-,20-,21-,33?/m1/s1. The van der Waals surface area contributed by atoms with E-state index in [-0.39, 0.29) is 18.3 Å². The summed E-state index contributed by atoms with van der Waals surface area (Å²) >= 11 is 1.05. The molecule has 34 heavy (non-hydrogen) atoms. The molecule has 5 atom stereocenters. The van der Waals surface area contributed by atoms with E-state index in [2.05, 4.69) is 15.9 Å². The van der Waals surface area contributed by atoms with Crippen LogP contribution in [-0.2, 0) is 23.1 Å². The normalized spacial score (nSPS) is 26.6. The highest BCUT2D eigenvalue weighted by molar-refractivity contribution is 8.13. The summed E-state index contributed by atoms with van der Waals surface area (Å²) in [5.41, 5.74) is -0.103. The van der Waals surface area contributed by atoms with Crippen LogP contribution in [0.4, 0.5) is 0 Å². The van der Waals surface area contributed by atoms with E-state index >= 15 is 0 Å². The average Bonchev–Trinajstić information content (AvgIpc) is 3.25. The van der Waals surface area contributed by atoms with Crippen LogP contribution >= 0.6 is 19.5 Å². The van der Waals surface area contributed by atoms with E-state index in [1.54, 1.807) is 17.7 Å². The van der Waals surface area contributed by atoms with Gasteiger partial charge in [-0.1, -0.05) is 17.7 Å². The number of aliphatic hydroxyl groups is 2. The van der Waals surface area contributed by atoms with Gasteiger partial charge in [0.2, 0.25) is 0 Å². The fraction of sp³-hybridized carbons (Fsp3) is 0.571.